The van der Waals surface area contributed by atoms with Gasteiger partial charge < -0.3 is 0 Å². The van der Waals surface area contributed by atoms with E-state index in [9.17, 15) is 0 Å². The van der Waals surface area contributed by atoms with Crippen LogP contribution >= 0.6 is 39.1 Å². The summed E-state index contributed by atoms with van der Waals surface area (Å²) >= 11 is 16.1. The highest BCUT2D eigenvalue weighted by molar-refractivity contribution is 9.10. The Labute approximate surface area is 137 Å². The third kappa shape index (κ3) is 2.61. The standard InChI is InChI=1S/C16H14BrCl2N/c1-2-9-3-10-4-12(18)6-15(19)13(10)7-16-14(9)5-11(17)8-20-16/h4-6,8-9H,2-3,7H2,1H3. The SMILES string of the molecule is CCC1Cc2cc(Cl)cc(Cl)c2Cc2ncc(Br)cc21. The van der Waals surface area contributed by atoms with Gasteiger partial charge in [0, 0.05) is 32.8 Å². The third-order valence-corrected chi connectivity index (χ3v) is 4.96. The average Bonchev–Trinajstić information content (AvgIpc) is 2.55. The van der Waals surface area contributed by atoms with Crippen molar-refractivity contribution in [3.8, 4) is 0 Å². The summed E-state index contributed by atoms with van der Waals surface area (Å²) < 4.78 is 1.03. The molecule has 0 bridgehead atoms. The van der Waals surface area contributed by atoms with Gasteiger partial charge in [-0.25, -0.2) is 0 Å². The summed E-state index contributed by atoms with van der Waals surface area (Å²) in [6.45, 7) is 2.21. The van der Waals surface area contributed by atoms with E-state index in [4.69, 9.17) is 23.2 Å². The number of hydrogen-bond donors (Lipinski definition) is 0. The van der Waals surface area contributed by atoms with E-state index in [1.165, 1.54) is 16.7 Å². The molecule has 0 N–H and O–H groups in total. The molecule has 1 heterocycles. The third-order valence-electron chi connectivity index (χ3n) is 3.97. The van der Waals surface area contributed by atoms with Crippen LogP contribution in [0.1, 0.15) is 41.6 Å². The zero-order valence-electron chi connectivity index (χ0n) is 11.1. The van der Waals surface area contributed by atoms with Crippen molar-refractivity contribution in [2.24, 2.45) is 0 Å². The number of hydrogen-bond acceptors (Lipinski definition) is 1. The fraction of sp³-hybridized carbons (Fsp3) is 0.312. The highest BCUT2D eigenvalue weighted by atomic mass is 79.9. The molecule has 0 radical (unpaired) electrons. The predicted molar refractivity (Wildman–Crippen MR) is 87.9 cm³/mol. The predicted octanol–water partition coefficient (Wildman–Crippen LogP) is 5.79. The minimum atomic E-state index is 0.464. The first kappa shape index (κ1) is 14.4. The van der Waals surface area contributed by atoms with Gasteiger partial charge in [-0.05, 0) is 69.6 Å². The summed E-state index contributed by atoms with van der Waals surface area (Å²) in [7, 11) is 0. The number of aromatic nitrogens is 1. The highest BCUT2D eigenvalue weighted by Crippen LogP contribution is 2.37. The van der Waals surface area contributed by atoms with Crippen LogP contribution in [0, 0.1) is 0 Å². The van der Waals surface area contributed by atoms with Crippen molar-refractivity contribution in [2.45, 2.75) is 32.1 Å². The van der Waals surface area contributed by atoms with E-state index in [2.05, 4.69) is 33.9 Å². The largest absolute Gasteiger partial charge is 0.259 e. The quantitative estimate of drug-likeness (QED) is 0.618. The molecule has 2 aromatic rings. The topological polar surface area (TPSA) is 12.9 Å². The number of fused-ring (bicyclic) bond motifs is 2. The normalized spacial score (nSPS) is 17.3. The number of halogens is 3. The molecule has 4 heteroatoms. The molecular formula is C16H14BrCl2N. The molecule has 1 aromatic carbocycles. The molecule has 0 aliphatic heterocycles. The Hall–Kier alpha value is -0.570. The maximum Gasteiger partial charge on any atom is 0.0483 e. The van der Waals surface area contributed by atoms with Crippen LogP contribution in [-0.4, -0.2) is 4.98 Å². The number of nitrogens with zero attached hydrogens (tertiary/aromatic N) is 1. The van der Waals surface area contributed by atoms with Crippen LogP contribution < -0.4 is 0 Å². The number of rotatable bonds is 1. The fourth-order valence-corrected chi connectivity index (χ4v) is 3.88. The van der Waals surface area contributed by atoms with Crippen LogP contribution in [0.3, 0.4) is 0 Å². The van der Waals surface area contributed by atoms with Crippen LogP contribution in [-0.2, 0) is 12.8 Å². The van der Waals surface area contributed by atoms with Gasteiger partial charge in [-0.2, -0.15) is 0 Å². The van der Waals surface area contributed by atoms with Gasteiger partial charge in [0.25, 0.3) is 0 Å². The maximum atomic E-state index is 6.39. The number of pyridine rings is 1. The summed E-state index contributed by atoms with van der Waals surface area (Å²) in [5, 5.41) is 1.46. The molecular weight excluding hydrogens is 357 g/mol. The van der Waals surface area contributed by atoms with Crippen LogP contribution in [0.4, 0.5) is 0 Å². The Morgan fingerprint density at radius 1 is 1.30 bits per heavy atom. The molecule has 20 heavy (non-hydrogen) atoms. The summed E-state index contributed by atoms with van der Waals surface area (Å²) in [5.41, 5.74) is 4.87. The van der Waals surface area contributed by atoms with Gasteiger partial charge in [-0.15, -0.1) is 0 Å². The van der Waals surface area contributed by atoms with Gasteiger partial charge in [0.15, 0.2) is 0 Å². The van der Waals surface area contributed by atoms with E-state index in [1.807, 2.05) is 18.3 Å². The van der Waals surface area contributed by atoms with Gasteiger partial charge in [0.2, 0.25) is 0 Å². The molecule has 1 atom stereocenters. The molecule has 3 rings (SSSR count). The zero-order chi connectivity index (χ0) is 14.3. The van der Waals surface area contributed by atoms with Crippen molar-refractivity contribution in [1.82, 2.24) is 4.98 Å². The van der Waals surface area contributed by atoms with Crippen molar-refractivity contribution >= 4 is 39.1 Å². The van der Waals surface area contributed by atoms with Gasteiger partial charge in [0.05, 0.1) is 0 Å². The molecule has 1 aliphatic rings. The smallest absolute Gasteiger partial charge is 0.0483 e. The molecule has 1 aromatic heterocycles. The summed E-state index contributed by atoms with van der Waals surface area (Å²) in [6.07, 6.45) is 4.69. The Bertz CT molecular complexity index is 670. The van der Waals surface area contributed by atoms with E-state index in [0.717, 1.165) is 34.5 Å². The molecule has 0 saturated heterocycles. The Morgan fingerprint density at radius 2 is 2.10 bits per heavy atom. The lowest BCUT2D eigenvalue weighted by molar-refractivity contribution is 0.658. The fourth-order valence-electron chi connectivity index (χ4n) is 2.93. The molecule has 0 saturated carbocycles. The number of benzene rings is 1. The van der Waals surface area contributed by atoms with E-state index in [-0.39, 0.29) is 0 Å². The molecule has 1 unspecified atom stereocenters. The van der Waals surface area contributed by atoms with Crippen LogP contribution in [0.15, 0.2) is 28.9 Å². The second kappa shape index (κ2) is 5.67. The lowest BCUT2D eigenvalue weighted by atomic mass is 9.91. The highest BCUT2D eigenvalue weighted by Gasteiger charge is 2.24. The van der Waals surface area contributed by atoms with Crippen molar-refractivity contribution in [1.29, 1.82) is 0 Å². The van der Waals surface area contributed by atoms with Crippen LogP contribution in [0.5, 0.6) is 0 Å². The molecule has 1 aliphatic carbocycles. The molecule has 0 spiro atoms. The summed E-state index contributed by atoms with van der Waals surface area (Å²) in [4.78, 5) is 4.60. The second-order valence-corrected chi connectivity index (χ2v) is 6.96. The average molecular weight is 371 g/mol. The Morgan fingerprint density at radius 3 is 2.85 bits per heavy atom. The van der Waals surface area contributed by atoms with E-state index in [1.54, 1.807) is 0 Å². The summed E-state index contributed by atoms with van der Waals surface area (Å²) in [6, 6.07) is 6.07. The minimum Gasteiger partial charge on any atom is -0.259 e. The lowest BCUT2D eigenvalue weighted by Crippen LogP contribution is -2.03. The molecule has 1 nitrogen and oxygen atoms in total. The van der Waals surface area contributed by atoms with Crippen LogP contribution in [0.25, 0.3) is 0 Å². The van der Waals surface area contributed by atoms with Gasteiger partial charge in [-0.1, -0.05) is 30.1 Å². The first-order valence-corrected chi connectivity index (χ1v) is 8.24. The second-order valence-electron chi connectivity index (χ2n) is 5.20. The van der Waals surface area contributed by atoms with E-state index < -0.39 is 0 Å². The Kier molecular flexibility index (Phi) is 4.07. The Balaban J connectivity index is 2.18. The molecule has 0 fully saturated rings. The van der Waals surface area contributed by atoms with Crippen molar-refractivity contribution in [3.63, 3.8) is 0 Å². The lowest BCUT2D eigenvalue weighted by Gasteiger charge is -2.15. The van der Waals surface area contributed by atoms with Crippen molar-refractivity contribution < 1.29 is 0 Å². The van der Waals surface area contributed by atoms with Gasteiger partial charge in [-0.3, -0.25) is 4.98 Å². The maximum absolute atomic E-state index is 6.39. The molecule has 0 amide bonds. The zero-order valence-corrected chi connectivity index (χ0v) is 14.2. The van der Waals surface area contributed by atoms with Crippen LogP contribution in [0.2, 0.25) is 10.0 Å². The van der Waals surface area contributed by atoms with Crippen molar-refractivity contribution in [3.05, 3.63) is 61.3 Å². The summed E-state index contributed by atoms with van der Waals surface area (Å²) in [5.74, 6) is 0.464. The minimum absolute atomic E-state index is 0.464. The first-order chi connectivity index (χ1) is 9.58. The van der Waals surface area contributed by atoms with Gasteiger partial charge in [0.1, 0.15) is 0 Å². The first-order valence-electron chi connectivity index (χ1n) is 6.69. The van der Waals surface area contributed by atoms with Gasteiger partial charge >= 0.3 is 0 Å². The van der Waals surface area contributed by atoms with E-state index >= 15 is 0 Å². The molecule has 104 valence electrons. The van der Waals surface area contributed by atoms with Crippen molar-refractivity contribution in [2.75, 3.05) is 0 Å². The monoisotopic (exact) mass is 369 g/mol. The van der Waals surface area contributed by atoms with E-state index in [0.29, 0.717) is 10.9 Å².